The highest BCUT2D eigenvalue weighted by Crippen LogP contribution is 2.36. The van der Waals surface area contributed by atoms with Crippen LogP contribution in [-0.2, 0) is 0 Å². The number of fused-ring (bicyclic) bond motifs is 1. The first-order valence-electron chi connectivity index (χ1n) is 9.56. The molecular weight excluding hydrogens is 396 g/mol. The maximum absolute atomic E-state index is 13.8. The molecule has 2 amide bonds. The number of carbonyl (C=O) groups excluding carboxylic acids is 1. The van der Waals surface area contributed by atoms with Crippen LogP contribution < -0.4 is 10.6 Å². The van der Waals surface area contributed by atoms with Crippen molar-refractivity contribution in [3.63, 3.8) is 0 Å². The number of carbonyl (C=O) groups is 1. The van der Waals surface area contributed by atoms with E-state index in [1.807, 2.05) is 6.07 Å². The van der Waals surface area contributed by atoms with Gasteiger partial charge in [-0.15, -0.1) is 0 Å². The smallest absolute Gasteiger partial charge is 0.319 e. The van der Waals surface area contributed by atoms with E-state index in [0.717, 1.165) is 48.2 Å². The van der Waals surface area contributed by atoms with Gasteiger partial charge in [0, 0.05) is 22.6 Å². The second-order valence-electron chi connectivity index (χ2n) is 7.33. The second kappa shape index (κ2) is 8.33. The average Bonchev–Trinajstić information content (AvgIpc) is 2.70. The van der Waals surface area contributed by atoms with E-state index in [2.05, 4.69) is 15.6 Å². The lowest BCUT2D eigenvalue weighted by atomic mass is 9.80. The molecule has 2 aromatic carbocycles. The van der Waals surface area contributed by atoms with E-state index in [-0.39, 0.29) is 28.5 Å². The first-order valence-corrected chi connectivity index (χ1v) is 9.94. The fourth-order valence-corrected chi connectivity index (χ4v) is 4.14. The number of urea groups is 1. The van der Waals surface area contributed by atoms with E-state index in [1.54, 1.807) is 12.3 Å². The van der Waals surface area contributed by atoms with Crippen LogP contribution in [0.4, 0.5) is 19.3 Å². The summed E-state index contributed by atoms with van der Waals surface area (Å²) in [5, 5.41) is 6.55. The van der Waals surface area contributed by atoms with Crippen molar-refractivity contribution in [1.29, 1.82) is 0 Å². The van der Waals surface area contributed by atoms with Gasteiger partial charge in [-0.3, -0.25) is 4.98 Å². The number of hydrogen-bond acceptors (Lipinski definition) is 2. The van der Waals surface area contributed by atoms with Crippen molar-refractivity contribution in [2.75, 3.05) is 5.32 Å². The predicted octanol–water partition coefficient (Wildman–Crippen LogP) is 6.01. The van der Waals surface area contributed by atoms with E-state index >= 15 is 0 Å². The molecule has 0 aliphatic heterocycles. The lowest BCUT2D eigenvalue weighted by Crippen LogP contribution is -2.40. The minimum Gasteiger partial charge on any atom is -0.335 e. The van der Waals surface area contributed by atoms with Crippen LogP contribution in [0.5, 0.6) is 0 Å². The van der Waals surface area contributed by atoms with Crippen LogP contribution in [0.15, 0.2) is 48.7 Å². The van der Waals surface area contributed by atoms with E-state index in [4.69, 9.17) is 11.6 Å². The van der Waals surface area contributed by atoms with E-state index < -0.39 is 11.8 Å². The van der Waals surface area contributed by atoms with Gasteiger partial charge in [0.1, 0.15) is 11.6 Å². The van der Waals surface area contributed by atoms with Crippen molar-refractivity contribution in [3.05, 3.63) is 70.9 Å². The third-order valence-electron chi connectivity index (χ3n) is 5.42. The van der Waals surface area contributed by atoms with Crippen LogP contribution in [-0.4, -0.2) is 17.1 Å². The third-order valence-corrected chi connectivity index (χ3v) is 5.65. The number of amides is 2. The molecule has 150 valence electrons. The fraction of sp³-hybridized carbons (Fsp3) is 0.273. The Morgan fingerprint density at radius 3 is 2.59 bits per heavy atom. The average molecular weight is 416 g/mol. The summed E-state index contributed by atoms with van der Waals surface area (Å²) in [7, 11) is 0. The number of nitrogens with one attached hydrogen (secondary N) is 2. The Kier molecular flexibility index (Phi) is 5.62. The van der Waals surface area contributed by atoms with Gasteiger partial charge in [-0.2, -0.15) is 0 Å². The topological polar surface area (TPSA) is 54.0 Å². The van der Waals surface area contributed by atoms with Gasteiger partial charge < -0.3 is 10.6 Å². The lowest BCUT2D eigenvalue weighted by Gasteiger charge is -2.30. The summed E-state index contributed by atoms with van der Waals surface area (Å²) in [6.45, 7) is 0. The largest absolute Gasteiger partial charge is 0.335 e. The normalized spacial score (nSPS) is 19.1. The third kappa shape index (κ3) is 4.48. The molecule has 1 fully saturated rings. The summed E-state index contributed by atoms with van der Waals surface area (Å²) >= 11 is 5.73. The first kappa shape index (κ1) is 19.6. The van der Waals surface area contributed by atoms with Crippen LogP contribution in [0.25, 0.3) is 10.9 Å². The number of anilines is 1. The number of benzene rings is 2. The molecule has 1 aliphatic carbocycles. The molecule has 7 heteroatoms. The predicted molar refractivity (Wildman–Crippen MR) is 110 cm³/mol. The van der Waals surface area contributed by atoms with Crippen LogP contribution in [0.1, 0.15) is 37.2 Å². The molecule has 29 heavy (non-hydrogen) atoms. The number of halogens is 3. The van der Waals surface area contributed by atoms with Gasteiger partial charge in [-0.1, -0.05) is 11.6 Å². The molecule has 0 bridgehead atoms. The molecule has 1 aliphatic rings. The maximum atomic E-state index is 13.8. The molecule has 1 saturated carbocycles. The monoisotopic (exact) mass is 415 g/mol. The van der Waals surface area contributed by atoms with Crippen molar-refractivity contribution in [1.82, 2.24) is 10.3 Å². The van der Waals surface area contributed by atoms with Gasteiger partial charge in [0.2, 0.25) is 0 Å². The number of pyridine rings is 1. The van der Waals surface area contributed by atoms with Crippen molar-refractivity contribution in [3.8, 4) is 0 Å². The van der Waals surface area contributed by atoms with Gasteiger partial charge in [-0.05, 0) is 79.6 Å². The lowest BCUT2D eigenvalue weighted by molar-refractivity contribution is 0.242. The summed E-state index contributed by atoms with van der Waals surface area (Å²) in [5.74, 6) is -0.557. The number of nitrogens with zero attached hydrogens (tertiary/aromatic N) is 1. The van der Waals surface area contributed by atoms with Gasteiger partial charge in [0.05, 0.1) is 11.2 Å². The highest BCUT2D eigenvalue weighted by molar-refractivity contribution is 6.30. The number of hydrogen-bond donors (Lipinski definition) is 2. The van der Waals surface area contributed by atoms with E-state index in [9.17, 15) is 13.6 Å². The van der Waals surface area contributed by atoms with Crippen molar-refractivity contribution >= 4 is 34.2 Å². The second-order valence-corrected chi connectivity index (χ2v) is 7.77. The molecular formula is C22H20ClF2N3O. The van der Waals surface area contributed by atoms with Crippen molar-refractivity contribution in [2.24, 2.45) is 0 Å². The van der Waals surface area contributed by atoms with E-state index in [1.165, 1.54) is 24.3 Å². The summed E-state index contributed by atoms with van der Waals surface area (Å²) < 4.78 is 27.5. The number of rotatable bonds is 3. The van der Waals surface area contributed by atoms with Crippen LogP contribution >= 0.6 is 11.6 Å². The highest BCUT2D eigenvalue weighted by atomic mass is 35.5. The summed E-state index contributed by atoms with van der Waals surface area (Å²) in [6.07, 6.45) is 5.08. The molecule has 0 unspecified atom stereocenters. The quantitative estimate of drug-likeness (QED) is 0.550. The molecule has 1 aromatic heterocycles. The molecule has 2 N–H and O–H groups in total. The minimum atomic E-state index is -0.576. The molecule has 0 saturated heterocycles. The van der Waals surface area contributed by atoms with Gasteiger partial charge >= 0.3 is 6.03 Å². The summed E-state index contributed by atoms with van der Waals surface area (Å²) in [5.41, 5.74) is 1.97. The highest BCUT2D eigenvalue weighted by Gasteiger charge is 2.25. The van der Waals surface area contributed by atoms with Crippen LogP contribution in [0.2, 0.25) is 5.02 Å². The Bertz CT molecular complexity index is 1050. The zero-order chi connectivity index (χ0) is 20.4. The van der Waals surface area contributed by atoms with Crippen molar-refractivity contribution < 1.29 is 13.6 Å². The Hall–Kier alpha value is -2.73. The number of aromatic nitrogens is 1. The zero-order valence-corrected chi connectivity index (χ0v) is 16.3. The summed E-state index contributed by atoms with van der Waals surface area (Å²) in [6, 6.07) is 10.3. The fourth-order valence-electron chi connectivity index (χ4n) is 3.98. The molecule has 4 nitrogen and oxygen atoms in total. The Balaban J connectivity index is 1.37. The Morgan fingerprint density at radius 2 is 1.83 bits per heavy atom. The van der Waals surface area contributed by atoms with Crippen molar-refractivity contribution in [2.45, 2.75) is 37.6 Å². The molecule has 0 atom stereocenters. The maximum Gasteiger partial charge on any atom is 0.319 e. The molecule has 1 heterocycles. The van der Waals surface area contributed by atoms with E-state index in [0.29, 0.717) is 0 Å². The zero-order valence-electron chi connectivity index (χ0n) is 15.6. The molecule has 0 spiro atoms. The Morgan fingerprint density at radius 1 is 1.03 bits per heavy atom. The summed E-state index contributed by atoms with van der Waals surface area (Å²) in [4.78, 5) is 16.5. The molecule has 0 radical (unpaired) electrons. The van der Waals surface area contributed by atoms with Crippen LogP contribution in [0, 0.1) is 11.6 Å². The van der Waals surface area contributed by atoms with Crippen LogP contribution in [0.3, 0.4) is 0 Å². The van der Waals surface area contributed by atoms with Gasteiger partial charge in [0.25, 0.3) is 0 Å². The van der Waals surface area contributed by atoms with Gasteiger partial charge in [-0.25, -0.2) is 13.6 Å². The minimum absolute atomic E-state index is 0.00597. The Labute approximate surface area is 172 Å². The standard InChI is InChI=1S/C22H20ClF2N3O/c23-14-3-7-21(19(25)11-14)28-22(29)27-16-5-1-13(2-6-16)17-9-10-26-20-8-4-15(24)12-18(17)20/h3-4,7-13,16H,1-2,5-6H2,(H2,27,28,29). The van der Waals surface area contributed by atoms with Gasteiger partial charge in [0.15, 0.2) is 0 Å². The first-order chi connectivity index (χ1) is 14.0. The molecule has 3 aromatic rings. The SMILES string of the molecule is O=C(Nc1ccc(Cl)cc1F)NC1CCC(c2ccnc3ccc(F)cc23)CC1. The molecule has 4 rings (SSSR count).